The van der Waals surface area contributed by atoms with E-state index >= 15 is 0 Å². The number of hydrogen-bond acceptors (Lipinski definition) is 4. The van der Waals surface area contributed by atoms with E-state index in [-0.39, 0.29) is 5.56 Å². The lowest BCUT2D eigenvalue weighted by molar-refractivity contribution is -0.135. The first-order valence-electron chi connectivity index (χ1n) is 9.80. The molecule has 7 nitrogen and oxygen atoms in total. The first-order valence-corrected chi connectivity index (χ1v) is 9.80. The fourth-order valence-corrected chi connectivity index (χ4v) is 2.81. The van der Waals surface area contributed by atoms with E-state index in [9.17, 15) is 28.3 Å². The van der Waals surface area contributed by atoms with Gasteiger partial charge in [-0.25, -0.2) is 8.78 Å². The highest BCUT2D eigenvalue weighted by molar-refractivity contribution is 5.93. The van der Waals surface area contributed by atoms with Crippen LogP contribution in [0.15, 0.2) is 48.5 Å². The zero-order valence-electron chi connectivity index (χ0n) is 17.2. The smallest absolute Gasteiger partial charge is 0.254 e. The van der Waals surface area contributed by atoms with E-state index in [0.717, 1.165) is 12.1 Å². The molecule has 0 fully saturated rings. The van der Waals surface area contributed by atoms with Gasteiger partial charge in [-0.1, -0.05) is 37.3 Å². The molecule has 1 unspecified atom stereocenters. The summed E-state index contributed by atoms with van der Waals surface area (Å²) in [6.45, 7) is 3.68. The number of nitrogens with one attached hydrogen (secondary N) is 3. The largest absolute Gasteiger partial charge is 0.378 e. The van der Waals surface area contributed by atoms with Gasteiger partial charge in [0.05, 0.1) is 0 Å². The van der Waals surface area contributed by atoms with Crippen molar-refractivity contribution in [3.63, 3.8) is 0 Å². The topological polar surface area (TPSA) is 108 Å². The Morgan fingerprint density at radius 2 is 1.52 bits per heavy atom. The molecule has 0 aromatic heterocycles. The zero-order valence-corrected chi connectivity index (χ0v) is 17.2. The number of carbonyl (C=O) groups is 3. The van der Waals surface area contributed by atoms with Gasteiger partial charge in [0.25, 0.3) is 5.91 Å². The maximum Gasteiger partial charge on any atom is 0.254 e. The standard InChI is InChI=1S/C22H25F2N3O4/c1-3-9-25-21(30)18(14-7-5-4-6-8-14)27-20(29)13(2)26-22(31)19(28)15-10-16(23)12-17(24)11-15/h4-8,10-13,18-19,28H,3,9H2,1-2H3,(H,25,30)(H,26,31)(H,27,29)/t13-,18-,19?/m0/s1. The summed E-state index contributed by atoms with van der Waals surface area (Å²) in [5.74, 6) is -3.99. The molecule has 3 amide bonds. The first-order chi connectivity index (χ1) is 14.7. The van der Waals surface area contributed by atoms with Gasteiger partial charge in [0.2, 0.25) is 11.8 Å². The summed E-state index contributed by atoms with van der Waals surface area (Å²) >= 11 is 0. The Balaban J connectivity index is 2.07. The zero-order chi connectivity index (χ0) is 23.0. The number of aliphatic hydroxyl groups excluding tert-OH is 1. The van der Waals surface area contributed by atoms with E-state index in [1.165, 1.54) is 6.92 Å². The molecule has 4 N–H and O–H groups in total. The molecule has 9 heteroatoms. The van der Waals surface area contributed by atoms with Crippen molar-refractivity contribution >= 4 is 17.7 Å². The quantitative estimate of drug-likeness (QED) is 0.484. The molecule has 0 aliphatic heterocycles. The molecule has 2 aromatic carbocycles. The highest BCUT2D eigenvalue weighted by Gasteiger charge is 2.27. The number of rotatable bonds is 9. The van der Waals surface area contributed by atoms with Crippen molar-refractivity contribution in [3.05, 3.63) is 71.3 Å². The molecule has 0 bridgehead atoms. The van der Waals surface area contributed by atoms with E-state index in [1.807, 2.05) is 6.92 Å². The fraction of sp³-hybridized carbons (Fsp3) is 0.318. The van der Waals surface area contributed by atoms with E-state index < -0.39 is 47.5 Å². The SMILES string of the molecule is CCCNC(=O)[C@@H](NC(=O)[C@H](C)NC(=O)C(O)c1cc(F)cc(F)c1)c1ccccc1. The summed E-state index contributed by atoms with van der Waals surface area (Å²) in [4.78, 5) is 37.4. The first kappa shape index (κ1) is 23.9. The Bertz CT molecular complexity index is 904. The second-order valence-electron chi connectivity index (χ2n) is 6.98. The molecule has 0 saturated heterocycles. The van der Waals surface area contributed by atoms with Gasteiger partial charge in [0.15, 0.2) is 6.10 Å². The molecule has 0 radical (unpaired) electrons. The van der Waals surface area contributed by atoms with Gasteiger partial charge in [-0.2, -0.15) is 0 Å². The number of benzene rings is 2. The third-order valence-electron chi connectivity index (χ3n) is 4.43. The van der Waals surface area contributed by atoms with Crippen LogP contribution < -0.4 is 16.0 Å². The molecule has 0 aliphatic carbocycles. The summed E-state index contributed by atoms with van der Waals surface area (Å²) in [5, 5.41) is 17.6. The molecule has 0 aliphatic rings. The Morgan fingerprint density at radius 1 is 0.903 bits per heavy atom. The van der Waals surface area contributed by atoms with Crippen molar-refractivity contribution in [3.8, 4) is 0 Å². The van der Waals surface area contributed by atoms with Gasteiger partial charge >= 0.3 is 0 Å². The van der Waals surface area contributed by atoms with E-state index in [2.05, 4.69) is 16.0 Å². The molecule has 0 saturated carbocycles. The summed E-state index contributed by atoms with van der Waals surface area (Å²) in [6, 6.07) is 8.71. The molecule has 2 aromatic rings. The average molecular weight is 433 g/mol. The van der Waals surface area contributed by atoms with Crippen LogP contribution in [0.1, 0.15) is 43.5 Å². The third kappa shape index (κ3) is 6.85. The van der Waals surface area contributed by atoms with Crippen molar-refractivity contribution < 1.29 is 28.3 Å². The number of hydrogen-bond donors (Lipinski definition) is 4. The van der Waals surface area contributed by atoms with Crippen LogP contribution in [0.4, 0.5) is 8.78 Å². The summed E-state index contributed by atoms with van der Waals surface area (Å²) in [5.41, 5.74) is 0.266. The van der Waals surface area contributed by atoms with E-state index in [0.29, 0.717) is 24.6 Å². The summed E-state index contributed by atoms with van der Waals surface area (Å²) < 4.78 is 26.7. The Hall–Kier alpha value is -3.33. The lowest BCUT2D eigenvalue weighted by atomic mass is 10.1. The highest BCUT2D eigenvalue weighted by Crippen LogP contribution is 2.17. The maximum absolute atomic E-state index is 13.3. The normalized spacial score (nSPS) is 13.6. The Morgan fingerprint density at radius 3 is 2.10 bits per heavy atom. The van der Waals surface area contributed by atoms with Gasteiger partial charge in [-0.15, -0.1) is 0 Å². The van der Waals surface area contributed by atoms with Gasteiger partial charge in [0.1, 0.15) is 23.7 Å². The van der Waals surface area contributed by atoms with Gasteiger partial charge in [-0.3, -0.25) is 14.4 Å². The second-order valence-corrected chi connectivity index (χ2v) is 6.98. The monoisotopic (exact) mass is 433 g/mol. The summed E-state index contributed by atoms with van der Waals surface area (Å²) in [7, 11) is 0. The minimum absolute atomic E-state index is 0.288. The molecule has 166 valence electrons. The van der Waals surface area contributed by atoms with Crippen molar-refractivity contribution in [1.82, 2.24) is 16.0 Å². The lowest BCUT2D eigenvalue weighted by Crippen LogP contribution is -2.49. The van der Waals surface area contributed by atoms with Crippen LogP contribution in [0.2, 0.25) is 0 Å². The maximum atomic E-state index is 13.3. The van der Waals surface area contributed by atoms with Crippen molar-refractivity contribution in [1.29, 1.82) is 0 Å². The Labute approximate surface area is 178 Å². The van der Waals surface area contributed by atoms with E-state index in [1.54, 1.807) is 30.3 Å². The molecule has 31 heavy (non-hydrogen) atoms. The van der Waals surface area contributed by atoms with Crippen LogP contribution in [0, 0.1) is 11.6 Å². The van der Waals surface area contributed by atoms with Crippen molar-refractivity contribution in [2.24, 2.45) is 0 Å². The van der Waals surface area contributed by atoms with Crippen LogP contribution in [0.3, 0.4) is 0 Å². The molecular formula is C22H25F2N3O4. The number of carbonyl (C=O) groups excluding carboxylic acids is 3. The number of amides is 3. The van der Waals surface area contributed by atoms with Crippen LogP contribution in [-0.4, -0.2) is 35.4 Å². The number of halogens is 2. The Kier molecular flexibility index (Phi) is 8.63. The van der Waals surface area contributed by atoms with Crippen LogP contribution in [-0.2, 0) is 14.4 Å². The van der Waals surface area contributed by atoms with Gasteiger partial charge in [-0.05, 0) is 36.6 Å². The van der Waals surface area contributed by atoms with Gasteiger partial charge in [0, 0.05) is 12.6 Å². The average Bonchev–Trinajstić information content (AvgIpc) is 2.74. The fourth-order valence-electron chi connectivity index (χ4n) is 2.81. The van der Waals surface area contributed by atoms with Gasteiger partial charge < -0.3 is 21.1 Å². The molecule has 3 atom stereocenters. The lowest BCUT2D eigenvalue weighted by Gasteiger charge is -2.22. The van der Waals surface area contributed by atoms with Crippen LogP contribution >= 0.6 is 0 Å². The molecule has 2 rings (SSSR count). The minimum atomic E-state index is -1.88. The minimum Gasteiger partial charge on any atom is -0.378 e. The highest BCUT2D eigenvalue weighted by atomic mass is 19.1. The molecule has 0 spiro atoms. The third-order valence-corrected chi connectivity index (χ3v) is 4.43. The summed E-state index contributed by atoms with van der Waals surface area (Å²) in [6.07, 6.45) is -1.16. The molecule has 0 heterocycles. The van der Waals surface area contributed by atoms with Crippen molar-refractivity contribution in [2.45, 2.75) is 38.5 Å². The van der Waals surface area contributed by atoms with Crippen molar-refractivity contribution in [2.75, 3.05) is 6.54 Å². The second kappa shape index (κ2) is 11.2. The van der Waals surface area contributed by atoms with E-state index in [4.69, 9.17) is 0 Å². The number of aliphatic hydroxyl groups is 1. The predicted molar refractivity (Wildman–Crippen MR) is 110 cm³/mol. The van der Waals surface area contributed by atoms with Crippen LogP contribution in [0.25, 0.3) is 0 Å². The predicted octanol–water partition coefficient (Wildman–Crippen LogP) is 1.89. The van der Waals surface area contributed by atoms with Crippen LogP contribution in [0.5, 0.6) is 0 Å². The molecular weight excluding hydrogens is 408 g/mol.